The van der Waals surface area contributed by atoms with Crippen LogP contribution in [0.25, 0.3) is 22.3 Å². The fraction of sp³-hybridized carbons (Fsp3) is 0.300. The molecule has 0 saturated heterocycles. The van der Waals surface area contributed by atoms with E-state index in [9.17, 15) is 24.3 Å². The highest BCUT2D eigenvalue weighted by Crippen LogP contribution is 2.26. The van der Waals surface area contributed by atoms with Crippen LogP contribution in [0.1, 0.15) is 84.9 Å². The number of rotatable bonds is 7. The van der Waals surface area contributed by atoms with Gasteiger partial charge in [-0.05, 0) is 96.5 Å². The molecule has 6 N–H and O–H groups in total. The Morgan fingerprint density at radius 2 is 1.14 bits per heavy atom. The summed E-state index contributed by atoms with van der Waals surface area (Å²) in [6.45, 7) is 0. The van der Waals surface area contributed by atoms with Crippen molar-refractivity contribution < 1.29 is 29.0 Å². The highest BCUT2D eigenvalue weighted by molar-refractivity contribution is 5.94. The molecule has 0 radical (unpaired) electrons. The summed E-state index contributed by atoms with van der Waals surface area (Å²) in [5.74, 6) is -0.264. The molecule has 3 amide bonds. The van der Waals surface area contributed by atoms with Gasteiger partial charge in [0.1, 0.15) is 11.5 Å². The third-order valence-electron chi connectivity index (χ3n) is 8.59. The van der Waals surface area contributed by atoms with E-state index >= 15 is 0 Å². The minimum atomic E-state index is -0.471. The Kier molecular flexibility index (Phi) is 14.3. The summed E-state index contributed by atoms with van der Waals surface area (Å²) in [5.41, 5.74) is 14.8. The van der Waals surface area contributed by atoms with Crippen LogP contribution < -0.4 is 21.5 Å². The van der Waals surface area contributed by atoms with Crippen LogP contribution in [0.3, 0.4) is 0 Å². The Hall–Kier alpha value is -5.73. The first-order valence-corrected chi connectivity index (χ1v) is 17.0. The van der Waals surface area contributed by atoms with Gasteiger partial charge in [0, 0.05) is 17.2 Å². The topological polar surface area (TPSA) is 174 Å². The maximum absolute atomic E-state index is 12.1. The lowest BCUT2D eigenvalue weighted by Gasteiger charge is -2.22. The Morgan fingerprint density at radius 1 is 0.660 bits per heavy atom. The zero-order chi connectivity index (χ0) is 35.7. The van der Waals surface area contributed by atoms with Gasteiger partial charge in [-0.2, -0.15) is 0 Å². The summed E-state index contributed by atoms with van der Waals surface area (Å²) in [4.78, 5) is 47.9. The first-order chi connectivity index (χ1) is 24.2. The van der Waals surface area contributed by atoms with Crippen molar-refractivity contribution in [1.82, 2.24) is 5.32 Å². The number of hydrogen-bond donors (Lipinski definition) is 4. The molecule has 4 aromatic rings. The molecule has 2 saturated carbocycles. The van der Waals surface area contributed by atoms with E-state index in [1.807, 2.05) is 30.3 Å². The molecule has 2 aliphatic rings. The standard InChI is InChI=1S/C20H22N2O3.C13H11NO2.C7H11NO/c21-19(23)16-8-4-6-14(12-16)15-7-5-11-18(13-15)25-20(24)22-17-9-2-1-3-10-17;14-13(16)11-5-1-3-9(7-11)10-4-2-6-12(15)8-10;9-6-8-7-4-2-1-3-5-7/h4-8,11-13,17H,1-3,9-10H2,(H2,21,23)(H,22,24);1-8,15H,(H2,14,16);7H,1-5H2. The first kappa shape index (κ1) is 37.1. The van der Waals surface area contributed by atoms with Gasteiger partial charge < -0.3 is 26.6 Å². The fourth-order valence-corrected chi connectivity index (χ4v) is 5.96. The number of carbonyl (C=O) groups excluding carboxylic acids is 4. The number of amides is 3. The van der Waals surface area contributed by atoms with Crippen molar-refractivity contribution in [3.05, 3.63) is 108 Å². The van der Waals surface area contributed by atoms with E-state index < -0.39 is 17.9 Å². The van der Waals surface area contributed by atoms with Gasteiger partial charge in [-0.1, -0.05) is 87.1 Å². The largest absolute Gasteiger partial charge is 0.508 e. The van der Waals surface area contributed by atoms with Crippen molar-refractivity contribution in [2.24, 2.45) is 16.5 Å². The molecule has 0 heterocycles. The Balaban J connectivity index is 0.000000191. The number of ether oxygens (including phenoxy) is 1. The van der Waals surface area contributed by atoms with E-state index in [1.165, 1.54) is 25.7 Å². The predicted octanol–water partition coefficient (Wildman–Crippen LogP) is 7.69. The molecular weight excluding hydrogens is 632 g/mol. The molecule has 0 spiro atoms. The summed E-state index contributed by atoms with van der Waals surface area (Å²) in [6.07, 6.45) is 12.7. The second-order valence-corrected chi connectivity index (χ2v) is 12.3. The van der Waals surface area contributed by atoms with Crippen LogP contribution in [0.15, 0.2) is 102 Å². The summed E-state index contributed by atoms with van der Waals surface area (Å²) in [7, 11) is 0. The molecule has 0 aliphatic heterocycles. The van der Waals surface area contributed by atoms with Crippen LogP contribution in [0.4, 0.5) is 4.79 Å². The number of phenols is 1. The molecule has 0 unspecified atom stereocenters. The van der Waals surface area contributed by atoms with Gasteiger partial charge in [0.25, 0.3) is 0 Å². The molecule has 0 bridgehead atoms. The number of phenolic OH excluding ortho intramolecular Hbond substituents is 1. The van der Waals surface area contributed by atoms with Crippen molar-refractivity contribution >= 4 is 24.0 Å². The quantitative estimate of drug-likeness (QED) is 0.115. The number of isocyanates is 1. The Morgan fingerprint density at radius 3 is 1.66 bits per heavy atom. The van der Waals surface area contributed by atoms with Crippen LogP contribution in [0.5, 0.6) is 11.5 Å². The van der Waals surface area contributed by atoms with Gasteiger partial charge in [-0.3, -0.25) is 9.59 Å². The Bertz CT molecular complexity index is 1790. The van der Waals surface area contributed by atoms with E-state index in [2.05, 4.69) is 10.3 Å². The van der Waals surface area contributed by atoms with Crippen molar-refractivity contribution in [2.45, 2.75) is 76.3 Å². The monoisotopic (exact) mass is 676 g/mol. The number of hydrogen-bond acceptors (Lipinski definition) is 7. The third kappa shape index (κ3) is 12.1. The fourth-order valence-electron chi connectivity index (χ4n) is 5.96. The number of nitrogens with two attached hydrogens (primary N) is 2. The van der Waals surface area contributed by atoms with Gasteiger partial charge in [0.05, 0.1) is 6.04 Å². The van der Waals surface area contributed by atoms with Gasteiger partial charge in [-0.25, -0.2) is 14.6 Å². The summed E-state index contributed by atoms with van der Waals surface area (Å²) in [6, 6.07) is 28.6. The molecule has 0 aromatic heterocycles. The molecule has 50 heavy (non-hydrogen) atoms. The van der Waals surface area contributed by atoms with Crippen molar-refractivity contribution in [3.8, 4) is 33.8 Å². The zero-order valence-corrected chi connectivity index (χ0v) is 28.1. The maximum Gasteiger partial charge on any atom is 0.412 e. The molecule has 4 aromatic carbocycles. The number of aliphatic imine (C=N–C) groups is 1. The lowest BCUT2D eigenvalue weighted by molar-refractivity contribution is 0.0992. The number of nitrogens with one attached hydrogen (secondary N) is 1. The molecule has 2 fully saturated rings. The van der Waals surface area contributed by atoms with Gasteiger partial charge in [0.15, 0.2) is 0 Å². The number of primary amides is 2. The van der Waals surface area contributed by atoms with Gasteiger partial charge >= 0.3 is 6.09 Å². The third-order valence-corrected chi connectivity index (χ3v) is 8.59. The SMILES string of the molecule is NC(=O)c1cccc(-c2cccc(O)c2)c1.NC(=O)c1cccc(-c2cccc(OC(=O)NC3CCCCC3)c2)c1.O=C=NC1CCCCC1. The summed E-state index contributed by atoms with van der Waals surface area (Å²) < 4.78 is 5.42. The molecule has 10 nitrogen and oxygen atoms in total. The normalized spacial score (nSPS) is 14.3. The van der Waals surface area contributed by atoms with E-state index in [4.69, 9.17) is 16.2 Å². The number of nitrogens with zero attached hydrogens (tertiary/aromatic N) is 1. The zero-order valence-electron chi connectivity index (χ0n) is 28.1. The van der Waals surface area contributed by atoms with Crippen LogP contribution in [0, 0.1) is 0 Å². The summed E-state index contributed by atoms with van der Waals surface area (Å²) in [5, 5.41) is 12.3. The van der Waals surface area contributed by atoms with Crippen LogP contribution in [0.2, 0.25) is 0 Å². The molecular formula is C40H44N4O6. The second kappa shape index (κ2) is 19.3. The average molecular weight is 677 g/mol. The van der Waals surface area contributed by atoms with Gasteiger partial charge in [-0.15, -0.1) is 0 Å². The number of carbonyl (C=O) groups is 3. The van der Waals surface area contributed by atoms with Gasteiger partial charge in [0.2, 0.25) is 17.9 Å². The lowest BCUT2D eigenvalue weighted by atomic mass is 9.96. The first-order valence-electron chi connectivity index (χ1n) is 17.0. The van der Waals surface area contributed by atoms with E-state index in [0.717, 1.165) is 60.8 Å². The maximum atomic E-state index is 12.1. The highest BCUT2D eigenvalue weighted by Gasteiger charge is 2.17. The van der Waals surface area contributed by atoms with Crippen molar-refractivity contribution in [1.29, 1.82) is 0 Å². The molecule has 0 atom stereocenters. The van der Waals surface area contributed by atoms with Crippen molar-refractivity contribution in [2.75, 3.05) is 0 Å². The van der Waals surface area contributed by atoms with E-state index in [1.54, 1.807) is 72.8 Å². The molecule has 6 rings (SSSR count). The average Bonchev–Trinajstić information content (AvgIpc) is 3.13. The second-order valence-electron chi connectivity index (χ2n) is 12.3. The lowest BCUT2D eigenvalue weighted by Crippen LogP contribution is -2.37. The summed E-state index contributed by atoms with van der Waals surface area (Å²) >= 11 is 0. The van der Waals surface area contributed by atoms with E-state index in [0.29, 0.717) is 22.9 Å². The predicted molar refractivity (Wildman–Crippen MR) is 193 cm³/mol. The van der Waals surface area contributed by atoms with Crippen LogP contribution in [-0.2, 0) is 4.79 Å². The van der Waals surface area contributed by atoms with Crippen molar-refractivity contribution in [3.63, 3.8) is 0 Å². The van der Waals surface area contributed by atoms with E-state index in [-0.39, 0.29) is 11.8 Å². The molecule has 10 heteroatoms. The molecule has 260 valence electrons. The number of aromatic hydroxyl groups is 1. The smallest absolute Gasteiger partial charge is 0.412 e. The minimum Gasteiger partial charge on any atom is -0.508 e. The minimum absolute atomic E-state index is 0.196. The van der Waals surface area contributed by atoms with Crippen LogP contribution >= 0.6 is 0 Å². The van der Waals surface area contributed by atoms with Crippen LogP contribution in [-0.4, -0.2) is 41.2 Å². The molecule has 2 aliphatic carbocycles. The number of benzene rings is 4. The highest BCUT2D eigenvalue weighted by atomic mass is 16.6. The Labute approximate surface area is 292 Å².